The van der Waals surface area contributed by atoms with E-state index in [0.717, 1.165) is 19.3 Å². The molecule has 0 spiro atoms. The number of nitrogens with zero attached hydrogens (tertiary/aromatic N) is 2. The predicted molar refractivity (Wildman–Crippen MR) is 119 cm³/mol. The van der Waals surface area contributed by atoms with Crippen LogP contribution in [0.15, 0.2) is 54.6 Å². The van der Waals surface area contributed by atoms with E-state index in [9.17, 15) is 9.59 Å². The molecule has 0 N–H and O–H groups in total. The van der Waals surface area contributed by atoms with Gasteiger partial charge >= 0.3 is 0 Å². The van der Waals surface area contributed by atoms with E-state index in [2.05, 4.69) is 6.92 Å². The van der Waals surface area contributed by atoms with Gasteiger partial charge in [-0.3, -0.25) is 9.59 Å². The summed E-state index contributed by atoms with van der Waals surface area (Å²) in [6, 6.07) is 16.5. The Balaban J connectivity index is 1.60. The highest BCUT2D eigenvalue weighted by Gasteiger charge is 2.32. The second-order valence-corrected chi connectivity index (χ2v) is 8.07. The number of halogens is 1. The second-order valence-electron chi connectivity index (χ2n) is 7.64. The second kappa shape index (κ2) is 10.5. The van der Waals surface area contributed by atoms with Crippen LogP contribution in [0.1, 0.15) is 43.5 Å². The van der Waals surface area contributed by atoms with Gasteiger partial charge in [-0.2, -0.15) is 0 Å². The third-order valence-corrected chi connectivity index (χ3v) is 5.65. The number of carbonyl (C=O) groups excluding carboxylic acids is 2. The van der Waals surface area contributed by atoms with Crippen LogP contribution in [0.2, 0.25) is 5.02 Å². The van der Waals surface area contributed by atoms with Crippen molar-refractivity contribution in [3.05, 3.63) is 65.2 Å². The molecule has 3 rings (SSSR count). The van der Waals surface area contributed by atoms with Gasteiger partial charge in [0.1, 0.15) is 5.75 Å². The Bertz CT molecular complexity index is 851. The summed E-state index contributed by atoms with van der Waals surface area (Å²) in [4.78, 5) is 29.6. The summed E-state index contributed by atoms with van der Waals surface area (Å²) in [6.07, 6.45) is 1.82. The highest BCUT2D eigenvalue weighted by molar-refractivity contribution is 6.30. The van der Waals surface area contributed by atoms with Crippen molar-refractivity contribution in [1.29, 1.82) is 0 Å². The monoisotopic (exact) mass is 428 g/mol. The minimum absolute atomic E-state index is 0.0235. The molecular weight excluding hydrogens is 400 g/mol. The average Bonchev–Trinajstić information content (AvgIpc) is 2.77. The first-order valence-corrected chi connectivity index (χ1v) is 10.9. The molecule has 1 saturated heterocycles. The molecule has 1 heterocycles. The number of piperidine rings is 1. The molecule has 0 bridgehead atoms. The van der Waals surface area contributed by atoms with E-state index in [0.29, 0.717) is 36.0 Å². The summed E-state index contributed by atoms with van der Waals surface area (Å²) in [5, 5.41) is 0.577. The van der Waals surface area contributed by atoms with Gasteiger partial charge in [0.15, 0.2) is 6.10 Å². The minimum Gasteiger partial charge on any atom is -0.481 e. The van der Waals surface area contributed by atoms with E-state index in [-0.39, 0.29) is 17.9 Å². The standard InChI is InChI=1S/C24H29ClN2O3/c1-3-14-27(23(28)18(2)30-22-11-7-10-20(25)17-22)21-12-15-26(16-13-21)24(29)19-8-5-4-6-9-19/h4-11,17-18,21H,3,12-16H2,1-2H3. The molecule has 0 aromatic heterocycles. The van der Waals surface area contributed by atoms with E-state index >= 15 is 0 Å². The van der Waals surface area contributed by atoms with Gasteiger partial charge in [-0.05, 0) is 56.5 Å². The van der Waals surface area contributed by atoms with Crippen molar-refractivity contribution < 1.29 is 14.3 Å². The SMILES string of the molecule is CCCN(C(=O)C(C)Oc1cccc(Cl)c1)C1CCN(C(=O)c2ccccc2)CC1. The lowest BCUT2D eigenvalue weighted by molar-refractivity contribution is -0.141. The van der Waals surface area contributed by atoms with E-state index in [1.54, 1.807) is 31.2 Å². The summed E-state index contributed by atoms with van der Waals surface area (Å²) in [5.41, 5.74) is 0.709. The molecule has 5 nitrogen and oxygen atoms in total. The van der Waals surface area contributed by atoms with Crippen LogP contribution in [0.5, 0.6) is 5.75 Å². The summed E-state index contributed by atoms with van der Waals surface area (Å²) < 4.78 is 5.85. The van der Waals surface area contributed by atoms with Crippen LogP contribution in [0.4, 0.5) is 0 Å². The molecular formula is C24H29ClN2O3. The number of rotatable bonds is 7. The zero-order chi connectivity index (χ0) is 21.5. The van der Waals surface area contributed by atoms with Gasteiger partial charge in [0.2, 0.25) is 0 Å². The van der Waals surface area contributed by atoms with Crippen LogP contribution in [-0.4, -0.2) is 53.4 Å². The number of ether oxygens (including phenoxy) is 1. The lowest BCUT2D eigenvalue weighted by Crippen LogP contribution is -2.52. The fourth-order valence-electron chi connectivity index (χ4n) is 3.89. The number of hydrogen-bond acceptors (Lipinski definition) is 3. The highest BCUT2D eigenvalue weighted by Crippen LogP contribution is 2.22. The van der Waals surface area contributed by atoms with Crippen molar-refractivity contribution in [2.75, 3.05) is 19.6 Å². The minimum atomic E-state index is -0.598. The number of hydrogen-bond donors (Lipinski definition) is 0. The molecule has 1 atom stereocenters. The Morgan fingerprint density at radius 1 is 1.13 bits per heavy atom. The quantitative estimate of drug-likeness (QED) is 0.644. The zero-order valence-electron chi connectivity index (χ0n) is 17.6. The number of carbonyl (C=O) groups is 2. The maximum absolute atomic E-state index is 13.1. The Morgan fingerprint density at radius 2 is 1.83 bits per heavy atom. The summed E-state index contributed by atoms with van der Waals surface area (Å²) in [7, 11) is 0. The van der Waals surface area contributed by atoms with E-state index in [4.69, 9.17) is 16.3 Å². The molecule has 1 unspecified atom stereocenters. The molecule has 0 aliphatic carbocycles. The lowest BCUT2D eigenvalue weighted by Gasteiger charge is -2.39. The van der Waals surface area contributed by atoms with Crippen molar-refractivity contribution in [3.8, 4) is 5.75 Å². The van der Waals surface area contributed by atoms with Crippen molar-refractivity contribution >= 4 is 23.4 Å². The lowest BCUT2D eigenvalue weighted by atomic mass is 10.0. The first-order valence-electron chi connectivity index (χ1n) is 10.6. The molecule has 0 saturated carbocycles. The molecule has 1 aliphatic heterocycles. The molecule has 1 aliphatic rings. The summed E-state index contributed by atoms with van der Waals surface area (Å²) >= 11 is 6.02. The Hall–Kier alpha value is -2.53. The number of benzene rings is 2. The largest absolute Gasteiger partial charge is 0.481 e. The third kappa shape index (κ3) is 5.54. The maximum atomic E-state index is 13.1. The van der Waals surface area contributed by atoms with Crippen LogP contribution in [0.3, 0.4) is 0 Å². The molecule has 2 aromatic carbocycles. The van der Waals surface area contributed by atoms with Crippen molar-refractivity contribution in [3.63, 3.8) is 0 Å². The van der Waals surface area contributed by atoms with Crippen LogP contribution in [0.25, 0.3) is 0 Å². The van der Waals surface area contributed by atoms with E-state index in [1.165, 1.54) is 0 Å². The molecule has 1 fully saturated rings. The van der Waals surface area contributed by atoms with Crippen molar-refractivity contribution in [1.82, 2.24) is 9.80 Å². The Morgan fingerprint density at radius 3 is 2.47 bits per heavy atom. The van der Waals surface area contributed by atoms with Crippen LogP contribution in [0, 0.1) is 0 Å². The maximum Gasteiger partial charge on any atom is 0.263 e. The molecule has 6 heteroatoms. The van der Waals surface area contributed by atoms with Gasteiger partial charge in [0.25, 0.3) is 11.8 Å². The van der Waals surface area contributed by atoms with Gasteiger partial charge < -0.3 is 14.5 Å². The summed E-state index contributed by atoms with van der Waals surface area (Å²) in [6.45, 7) is 5.82. The van der Waals surface area contributed by atoms with Crippen LogP contribution < -0.4 is 4.74 Å². The van der Waals surface area contributed by atoms with Gasteiger partial charge in [0, 0.05) is 36.3 Å². The Labute approximate surface area is 183 Å². The molecule has 2 amide bonds. The third-order valence-electron chi connectivity index (χ3n) is 5.42. The topological polar surface area (TPSA) is 49.9 Å². The molecule has 30 heavy (non-hydrogen) atoms. The summed E-state index contributed by atoms with van der Waals surface area (Å²) in [5.74, 6) is 0.618. The molecule has 0 radical (unpaired) electrons. The van der Waals surface area contributed by atoms with Gasteiger partial charge in [-0.15, -0.1) is 0 Å². The molecule has 2 aromatic rings. The van der Waals surface area contributed by atoms with Crippen molar-refractivity contribution in [2.45, 2.75) is 45.3 Å². The smallest absolute Gasteiger partial charge is 0.263 e. The van der Waals surface area contributed by atoms with E-state index < -0.39 is 6.10 Å². The number of amides is 2. The first kappa shape index (κ1) is 22.2. The Kier molecular flexibility index (Phi) is 7.75. The highest BCUT2D eigenvalue weighted by atomic mass is 35.5. The zero-order valence-corrected chi connectivity index (χ0v) is 18.3. The van der Waals surface area contributed by atoms with Gasteiger partial charge in [0.05, 0.1) is 0 Å². The fourth-order valence-corrected chi connectivity index (χ4v) is 4.07. The first-order chi connectivity index (χ1) is 14.5. The van der Waals surface area contributed by atoms with E-state index in [1.807, 2.05) is 40.1 Å². The fraction of sp³-hybridized carbons (Fsp3) is 0.417. The molecule has 160 valence electrons. The van der Waals surface area contributed by atoms with Gasteiger partial charge in [-0.25, -0.2) is 0 Å². The van der Waals surface area contributed by atoms with Crippen LogP contribution in [-0.2, 0) is 4.79 Å². The van der Waals surface area contributed by atoms with Crippen LogP contribution >= 0.6 is 11.6 Å². The normalized spacial score (nSPS) is 15.5. The van der Waals surface area contributed by atoms with Crippen molar-refractivity contribution in [2.24, 2.45) is 0 Å². The average molecular weight is 429 g/mol. The number of likely N-dealkylation sites (tertiary alicyclic amines) is 1. The van der Waals surface area contributed by atoms with Gasteiger partial charge in [-0.1, -0.05) is 42.8 Å². The predicted octanol–water partition coefficient (Wildman–Crippen LogP) is 4.65.